The lowest BCUT2D eigenvalue weighted by molar-refractivity contribution is -0.137. The summed E-state index contributed by atoms with van der Waals surface area (Å²) in [5.74, 6) is -1.74. The summed E-state index contributed by atoms with van der Waals surface area (Å²) in [5.41, 5.74) is 1.45. The Bertz CT molecular complexity index is 1040. The van der Waals surface area contributed by atoms with E-state index in [-0.39, 0.29) is 17.8 Å². The van der Waals surface area contributed by atoms with E-state index >= 15 is 0 Å². The van der Waals surface area contributed by atoms with E-state index in [1.165, 1.54) is 12.3 Å². The Kier molecular flexibility index (Phi) is 4.79. The van der Waals surface area contributed by atoms with Crippen molar-refractivity contribution in [3.8, 4) is 0 Å². The lowest BCUT2D eigenvalue weighted by atomic mass is 10.1. The van der Waals surface area contributed by atoms with Gasteiger partial charge in [0.1, 0.15) is 17.8 Å². The highest BCUT2D eigenvalue weighted by Crippen LogP contribution is 2.11. The molecule has 2 N–H and O–H groups in total. The van der Waals surface area contributed by atoms with Crippen molar-refractivity contribution in [2.75, 3.05) is 0 Å². The third kappa shape index (κ3) is 3.61. The van der Waals surface area contributed by atoms with Gasteiger partial charge >= 0.3 is 5.97 Å². The molecule has 3 rings (SSSR count). The SMILES string of the molecule is Cc1ccc(CNC(=O)c2cc3cccnc3n(CC(=O)O)c2=O)cc1. The van der Waals surface area contributed by atoms with Crippen LogP contribution in [0.15, 0.2) is 53.5 Å². The van der Waals surface area contributed by atoms with Crippen molar-refractivity contribution in [2.24, 2.45) is 0 Å². The number of pyridine rings is 2. The van der Waals surface area contributed by atoms with Gasteiger partial charge < -0.3 is 10.4 Å². The summed E-state index contributed by atoms with van der Waals surface area (Å²) in [6.07, 6.45) is 1.47. The fraction of sp³-hybridized carbons (Fsp3) is 0.158. The Labute approximate surface area is 148 Å². The molecule has 0 unspecified atom stereocenters. The predicted molar refractivity (Wildman–Crippen MR) is 96.0 cm³/mol. The van der Waals surface area contributed by atoms with Crippen molar-refractivity contribution in [3.63, 3.8) is 0 Å². The first kappa shape index (κ1) is 17.3. The molecule has 0 spiro atoms. The van der Waals surface area contributed by atoms with E-state index in [9.17, 15) is 14.4 Å². The van der Waals surface area contributed by atoms with Crippen molar-refractivity contribution in [1.82, 2.24) is 14.9 Å². The molecule has 2 aromatic heterocycles. The van der Waals surface area contributed by atoms with E-state index < -0.39 is 24.0 Å². The largest absolute Gasteiger partial charge is 0.480 e. The van der Waals surface area contributed by atoms with Gasteiger partial charge in [-0.15, -0.1) is 0 Å². The van der Waals surface area contributed by atoms with Crippen molar-refractivity contribution < 1.29 is 14.7 Å². The Morgan fingerprint density at radius 2 is 1.92 bits per heavy atom. The van der Waals surface area contributed by atoms with Gasteiger partial charge in [0.15, 0.2) is 0 Å². The Morgan fingerprint density at radius 3 is 2.62 bits per heavy atom. The Balaban J connectivity index is 1.94. The number of rotatable bonds is 5. The maximum atomic E-state index is 12.6. The molecule has 1 amide bonds. The van der Waals surface area contributed by atoms with Crippen LogP contribution < -0.4 is 10.9 Å². The zero-order chi connectivity index (χ0) is 18.7. The van der Waals surface area contributed by atoms with Gasteiger partial charge in [-0.05, 0) is 30.7 Å². The van der Waals surface area contributed by atoms with Crippen LogP contribution in [0.25, 0.3) is 11.0 Å². The van der Waals surface area contributed by atoms with Crippen LogP contribution in [0.3, 0.4) is 0 Å². The molecule has 132 valence electrons. The van der Waals surface area contributed by atoms with Gasteiger partial charge in [0, 0.05) is 18.1 Å². The molecule has 0 saturated heterocycles. The van der Waals surface area contributed by atoms with Crippen LogP contribution in [-0.4, -0.2) is 26.5 Å². The second kappa shape index (κ2) is 7.18. The number of nitrogens with one attached hydrogen (secondary N) is 1. The van der Waals surface area contributed by atoms with Crippen LogP contribution in [0.4, 0.5) is 0 Å². The van der Waals surface area contributed by atoms with Crippen LogP contribution in [0.1, 0.15) is 21.5 Å². The van der Waals surface area contributed by atoms with E-state index in [0.717, 1.165) is 15.7 Å². The lowest BCUT2D eigenvalue weighted by Crippen LogP contribution is -2.34. The molecule has 0 radical (unpaired) electrons. The smallest absolute Gasteiger partial charge is 0.323 e. The van der Waals surface area contributed by atoms with E-state index in [0.29, 0.717) is 5.39 Å². The molecule has 2 heterocycles. The average Bonchev–Trinajstić information content (AvgIpc) is 2.63. The summed E-state index contributed by atoms with van der Waals surface area (Å²) in [6.45, 7) is 1.67. The molecular weight excluding hydrogens is 334 g/mol. The van der Waals surface area contributed by atoms with Gasteiger partial charge in [0.2, 0.25) is 0 Å². The molecule has 3 aromatic rings. The number of amides is 1. The van der Waals surface area contributed by atoms with Gasteiger partial charge in [-0.25, -0.2) is 4.98 Å². The maximum Gasteiger partial charge on any atom is 0.323 e. The predicted octanol–water partition coefficient (Wildman–Crippen LogP) is 1.72. The number of fused-ring (bicyclic) bond motifs is 1. The Hall–Kier alpha value is -3.48. The zero-order valence-corrected chi connectivity index (χ0v) is 14.1. The summed E-state index contributed by atoms with van der Waals surface area (Å²) in [5, 5.41) is 12.3. The van der Waals surface area contributed by atoms with Gasteiger partial charge in [-0.2, -0.15) is 0 Å². The summed E-state index contributed by atoms with van der Waals surface area (Å²) >= 11 is 0. The highest BCUT2D eigenvalue weighted by Gasteiger charge is 2.17. The van der Waals surface area contributed by atoms with Crippen molar-refractivity contribution in [1.29, 1.82) is 0 Å². The van der Waals surface area contributed by atoms with Crippen LogP contribution in [0.5, 0.6) is 0 Å². The number of benzene rings is 1. The molecule has 0 fully saturated rings. The lowest BCUT2D eigenvalue weighted by Gasteiger charge is -2.11. The van der Waals surface area contributed by atoms with Crippen molar-refractivity contribution in [3.05, 3.63) is 75.7 Å². The molecule has 7 nitrogen and oxygen atoms in total. The van der Waals surface area contributed by atoms with E-state index in [2.05, 4.69) is 10.3 Å². The number of carboxylic acids is 1. The van der Waals surface area contributed by atoms with Crippen molar-refractivity contribution >= 4 is 22.9 Å². The second-order valence-corrected chi connectivity index (χ2v) is 5.93. The normalized spacial score (nSPS) is 10.7. The first-order chi connectivity index (χ1) is 12.5. The molecule has 7 heteroatoms. The minimum absolute atomic E-state index is 0.112. The fourth-order valence-corrected chi connectivity index (χ4v) is 2.63. The molecular formula is C19H17N3O4. The van der Waals surface area contributed by atoms with E-state index in [4.69, 9.17) is 5.11 Å². The van der Waals surface area contributed by atoms with E-state index in [1.54, 1.807) is 12.1 Å². The highest BCUT2D eigenvalue weighted by atomic mass is 16.4. The number of aromatic nitrogens is 2. The number of nitrogens with zero attached hydrogens (tertiary/aromatic N) is 2. The van der Waals surface area contributed by atoms with Crippen molar-refractivity contribution in [2.45, 2.75) is 20.0 Å². The van der Waals surface area contributed by atoms with Gasteiger partial charge in [-0.1, -0.05) is 29.8 Å². The number of hydrogen-bond donors (Lipinski definition) is 2. The standard InChI is InChI=1S/C19H17N3O4/c1-12-4-6-13(7-5-12)10-21-18(25)15-9-14-3-2-8-20-17(14)22(19(15)26)11-16(23)24/h2-9H,10-11H2,1H3,(H,21,25)(H,23,24). The summed E-state index contributed by atoms with van der Waals surface area (Å²) in [4.78, 5) is 40.3. The number of carbonyl (C=O) groups is 2. The highest BCUT2D eigenvalue weighted by molar-refractivity contribution is 5.97. The minimum Gasteiger partial charge on any atom is -0.480 e. The molecule has 1 aromatic carbocycles. The quantitative estimate of drug-likeness (QED) is 0.729. The summed E-state index contributed by atoms with van der Waals surface area (Å²) < 4.78 is 0.998. The number of aryl methyl sites for hydroxylation is 1. The minimum atomic E-state index is -1.18. The first-order valence-corrected chi connectivity index (χ1v) is 8.00. The number of hydrogen-bond acceptors (Lipinski definition) is 4. The monoisotopic (exact) mass is 351 g/mol. The topological polar surface area (TPSA) is 101 Å². The van der Waals surface area contributed by atoms with Crippen LogP contribution in [0.2, 0.25) is 0 Å². The van der Waals surface area contributed by atoms with Gasteiger partial charge in [-0.3, -0.25) is 19.0 Å². The summed E-state index contributed by atoms with van der Waals surface area (Å²) in [7, 11) is 0. The average molecular weight is 351 g/mol. The summed E-state index contributed by atoms with van der Waals surface area (Å²) in [6, 6.07) is 12.4. The van der Waals surface area contributed by atoms with Gasteiger partial charge in [0.25, 0.3) is 11.5 Å². The molecule has 0 aliphatic carbocycles. The molecule has 0 bridgehead atoms. The number of aliphatic carboxylic acids is 1. The second-order valence-electron chi connectivity index (χ2n) is 5.93. The van der Waals surface area contributed by atoms with E-state index in [1.807, 2.05) is 31.2 Å². The third-order valence-electron chi connectivity index (χ3n) is 3.96. The third-order valence-corrected chi connectivity index (χ3v) is 3.96. The molecule has 0 atom stereocenters. The zero-order valence-electron chi connectivity index (χ0n) is 14.1. The maximum absolute atomic E-state index is 12.6. The molecule has 0 saturated carbocycles. The van der Waals surface area contributed by atoms with Crippen LogP contribution in [-0.2, 0) is 17.9 Å². The number of carboxylic acid groups (broad SMARTS) is 1. The van der Waals surface area contributed by atoms with Crippen LogP contribution >= 0.6 is 0 Å². The fourth-order valence-electron chi connectivity index (χ4n) is 2.63. The number of carbonyl (C=O) groups excluding carboxylic acids is 1. The molecule has 26 heavy (non-hydrogen) atoms. The van der Waals surface area contributed by atoms with Gasteiger partial charge in [0.05, 0.1) is 0 Å². The van der Waals surface area contributed by atoms with Crippen LogP contribution in [0, 0.1) is 6.92 Å². The first-order valence-electron chi connectivity index (χ1n) is 8.00. The molecule has 0 aliphatic heterocycles. The molecule has 0 aliphatic rings. The Morgan fingerprint density at radius 1 is 1.19 bits per heavy atom.